The minimum absolute atomic E-state index is 0.0476. The number of aromatic nitrogens is 1. The van der Waals surface area contributed by atoms with Crippen molar-refractivity contribution in [2.45, 2.75) is 26.7 Å². The Morgan fingerprint density at radius 3 is 2.61 bits per heavy atom. The molecule has 0 aliphatic rings. The van der Waals surface area contributed by atoms with Crippen molar-refractivity contribution in [1.82, 2.24) is 4.40 Å². The highest BCUT2D eigenvalue weighted by molar-refractivity contribution is 9.10. The third kappa shape index (κ3) is 1.94. The van der Waals surface area contributed by atoms with Crippen LogP contribution >= 0.6 is 15.9 Å². The molecular weight excluding hydrogens is 294 g/mol. The summed E-state index contributed by atoms with van der Waals surface area (Å²) in [4.78, 5) is 11.5. The number of carboxylic acids is 1. The molecule has 1 N–H and O–H groups in total. The number of pyridine rings is 1. The average Bonchev–Trinajstić information content (AvgIpc) is 2.55. The first kappa shape index (κ1) is 13.1. The van der Waals surface area contributed by atoms with Gasteiger partial charge in [0.2, 0.25) is 0 Å². The van der Waals surface area contributed by atoms with Crippen LogP contribution in [0.4, 0.5) is 0 Å². The van der Waals surface area contributed by atoms with Gasteiger partial charge in [-0.15, -0.1) is 0 Å². The fraction of sp³-hybridized carbons (Fsp3) is 0.357. The highest BCUT2D eigenvalue weighted by Gasteiger charge is 2.29. The second-order valence-electron chi connectivity index (χ2n) is 4.84. The molecule has 1 unspecified atom stereocenters. The van der Waals surface area contributed by atoms with Crippen molar-refractivity contribution in [2.75, 3.05) is 0 Å². The summed E-state index contributed by atoms with van der Waals surface area (Å²) in [6.07, 6.45) is 1.92. The SMILES string of the molecule is Cc1c(Br)c2ccccn2c1C(C(=O)O)C(C)C. The number of halogens is 1. The summed E-state index contributed by atoms with van der Waals surface area (Å²) in [6.45, 7) is 5.84. The molecule has 4 heteroatoms. The maximum Gasteiger partial charge on any atom is 0.312 e. The van der Waals surface area contributed by atoms with Gasteiger partial charge in [-0.1, -0.05) is 19.9 Å². The lowest BCUT2D eigenvalue weighted by Gasteiger charge is -2.17. The van der Waals surface area contributed by atoms with Gasteiger partial charge in [0.1, 0.15) is 0 Å². The fourth-order valence-corrected chi connectivity index (χ4v) is 2.94. The summed E-state index contributed by atoms with van der Waals surface area (Å²) in [5, 5.41) is 9.46. The number of fused-ring (bicyclic) bond motifs is 1. The highest BCUT2D eigenvalue weighted by atomic mass is 79.9. The van der Waals surface area contributed by atoms with Crippen molar-refractivity contribution in [3.8, 4) is 0 Å². The molecule has 0 aliphatic carbocycles. The molecule has 3 nitrogen and oxygen atoms in total. The summed E-state index contributed by atoms with van der Waals surface area (Å²) < 4.78 is 2.95. The topological polar surface area (TPSA) is 41.7 Å². The number of carboxylic acid groups (broad SMARTS) is 1. The van der Waals surface area contributed by atoms with Gasteiger partial charge in [-0.2, -0.15) is 0 Å². The zero-order valence-corrected chi connectivity index (χ0v) is 12.2. The second kappa shape index (κ2) is 4.76. The van der Waals surface area contributed by atoms with Crippen LogP contribution in [-0.4, -0.2) is 15.5 Å². The molecule has 2 aromatic rings. The van der Waals surface area contributed by atoms with E-state index >= 15 is 0 Å². The average molecular weight is 310 g/mol. The normalized spacial score (nSPS) is 13.2. The quantitative estimate of drug-likeness (QED) is 0.936. The van der Waals surface area contributed by atoms with E-state index in [1.807, 2.05) is 49.6 Å². The van der Waals surface area contributed by atoms with E-state index < -0.39 is 11.9 Å². The number of hydrogen-bond acceptors (Lipinski definition) is 1. The lowest BCUT2D eigenvalue weighted by atomic mass is 9.91. The van der Waals surface area contributed by atoms with Gasteiger partial charge in [0, 0.05) is 16.4 Å². The van der Waals surface area contributed by atoms with Crippen LogP contribution in [0, 0.1) is 12.8 Å². The Morgan fingerprint density at radius 1 is 1.39 bits per heavy atom. The van der Waals surface area contributed by atoms with Crippen LogP contribution < -0.4 is 0 Å². The van der Waals surface area contributed by atoms with Gasteiger partial charge >= 0.3 is 5.97 Å². The summed E-state index contributed by atoms with van der Waals surface area (Å²) in [6, 6.07) is 5.86. The number of hydrogen-bond donors (Lipinski definition) is 1. The minimum atomic E-state index is -0.774. The fourth-order valence-electron chi connectivity index (χ4n) is 2.42. The first-order valence-electron chi connectivity index (χ1n) is 5.93. The van der Waals surface area contributed by atoms with Gasteiger partial charge in [0.25, 0.3) is 0 Å². The number of carbonyl (C=O) groups is 1. The van der Waals surface area contributed by atoms with E-state index in [-0.39, 0.29) is 5.92 Å². The van der Waals surface area contributed by atoms with Crippen molar-refractivity contribution in [3.05, 3.63) is 40.1 Å². The lowest BCUT2D eigenvalue weighted by molar-refractivity contribution is -0.140. The molecule has 0 fully saturated rings. The number of aliphatic carboxylic acids is 1. The van der Waals surface area contributed by atoms with Gasteiger partial charge in [-0.3, -0.25) is 4.79 Å². The Bertz CT molecular complexity index is 601. The molecule has 18 heavy (non-hydrogen) atoms. The smallest absolute Gasteiger partial charge is 0.312 e. The van der Waals surface area contributed by atoms with Crippen LogP contribution in [-0.2, 0) is 4.79 Å². The van der Waals surface area contributed by atoms with E-state index in [0.717, 1.165) is 21.2 Å². The summed E-state index contributed by atoms with van der Waals surface area (Å²) in [5.41, 5.74) is 2.87. The van der Waals surface area contributed by atoms with E-state index in [0.29, 0.717) is 0 Å². The maximum atomic E-state index is 11.5. The molecule has 0 amide bonds. The Hall–Kier alpha value is -1.29. The van der Waals surface area contributed by atoms with Gasteiger partial charge in [0.15, 0.2) is 0 Å². The molecule has 2 rings (SSSR count). The lowest BCUT2D eigenvalue weighted by Crippen LogP contribution is -2.20. The predicted octanol–water partition coefficient (Wildman–Crippen LogP) is 3.83. The highest BCUT2D eigenvalue weighted by Crippen LogP contribution is 2.35. The zero-order valence-electron chi connectivity index (χ0n) is 10.6. The van der Waals surface area contributed by atoms with Crippen molar-refractivity contribution in [3.63, 3.8) is 0 Å². The van der Waals surface area contributed by atoms with Crippen molar-refractivity contribution >= 4 is 27.4 Å². The largest absolute Gasteiger partial charge is 0.481 e. The van der Waals surface area contributed by atoms with Crippen molar-refractivity contribution < 1.29 is 9.90 Å². The van der Waals surface area contributed by atoms with Crippen LogP contribution in [0.3, 0.4) is 0 Å². The molecule has 0 radical (unpaired) electrons. The van der Waals surface area contributed by atoms with Gasteiger partial charge < -0.3 is 9.51 Å². The van der Waals surface area contributed by atoms with E-state index in [2.05, 4.69) is 15.9 Å². The third-order valence-corrected chi connectivity index (χ3v) is 4.29. The first-order valence-corrected chi connectivity index (χ1v) is 6.72. The molecular formula is C14H16BrNO2. The molecule has 0 saturated carbocycles. The first-order chi connectivity index (χ1) is 8.45. The standard InChI is InChI=1S/C14H16BrNO2/c1-8(2)11(14(17)18)13-9(3)12(15)10-6-4-5-7-16(10)13/h4-8,11H,1-3H3,(H,17,18). The van der Waals surface area contributed by atoms with Crippen molar-refractivity contribution in [1.29, 1.82) is 0 Å². The molecule has 96 valence electrons. The van der Waals surface area contributed by atoms with Gasteiger partial charge in [-0.25, -0.2) is 0 Å². The van der Waals surface area contributed by atoms with Crippen molar-refractivity contribution in [2.24, 2.45) is 5.92 Å². The number of nitrogens with zero attached hydrogens (tertiary/aromatic N) is 1. The molecule has 2 aromatic heterocycles. The Morgan fingerprint density at radius 2 is 2.06 bits per heavy atom. The molecule has 0 spiro atoms. The van der Waals surface area contributed by atoms with E-state index in [4.69, 9.17) is 0 Å². The molecule has 0 saturated heterocycles. The minimum Gasteiger partial charge on any atom is -0.481 e. The Kier molecular flexibility index (Phi) is 3.48. The van der Waals surface area contributed by atoms with Crippen LogP contribution in [0.1, 0.15) is 31.0 Å². The van der Waals surface area contributed by atoms with Crippen LogP contribution in [0.25, 0.3) is 5.52 Å². The molecule has 0 aliphatic heterocycles. The van der Waals surface area contributed by atoms with E-state index in [1.54, 1.807) is 0 Å². The summed E-state index contributed by atoms with van der Waals surface area (Å²) in [5.74, 6) is -1.22. The summed E-state index contributed by atoms with van der Waals surface area (Å²) in [7, 11) is 0. The van der Waals surface area contributed by atoms with Crippen LogP contribution in [0.5, 0.6) is 0 Å². The van der Waals surface area contributed by atoms with E-state index in [1.165, 1.54) is 0 Å². The van der Waals surface area contributed by atoms with Crippen LogP contribution in [0.2, 0.25) is 0 Å². The molecule has 1 atom stereocenters. The third-order valence-electron chi connectivity index (χ3n) is 3.29. The summed E-state index contributed by atoms with van der Waals surface area (Å²) >= 11 is 3.55. The Balaban J connectivity index is 2.77. The molecule has 0 aromatic carbocycles. The Labute approximate surface area is 115 Å². The maximum absolute atomic E-state index is 11.5. The van der Waals surface area contributed by atoms with Crippen LogP contribution in [0.15, 0.2) is 28.9 Å². The van der Waals surface area contributed by atoms with Gasteiger partial charge in [0.05, 0.1) is 11.4 Å². The predicted molar refractivity (Wildman–Crippen MR) is 75.0 cm³/mol. The molecule has 2 heterocycles. The number of rotatable bonds is 3. The zero-order chi connectivity index (χ0) is 13.4. The monoisotopic (exact) mass is 309 g/mol. The second-order valence-corrected chi connectivity index (χ2v) is 5.63. The van der Waals surface area contributed by atoms with E-state index in [9.17, 15) is 9.90 Å². The van der Waals surface area contributed by atoms with Gasteiger partial charge in [-0.05, 0) is 46.5 Å². The molecule has 0 bridgehead atoms.